The molecule has 0 amide bonds. The van der Waals surface area contributed by atoms with Crippen LogP contribution in [-0.4, -0.2) is 38.5 Å². The number of halogens is 2. The molecular weight excluding hydrogens is 326 g/mol. The molecule has 126 valence electrons. The van der Waals surface area contributed by atoms with Crippen LogP contribution >= 0.6 is 0 Å². The van der Waals surface area contributed by atoms with Crippen molar-refractivity contribution in [3.63, 3.8) is 0 Å². The van der Waals surface area contributed by atoms with Crippen molar-refractivity contribution in [3.8, 4) is 6.07 Å². The standard InChI is InChI=1S/C15H18F2N2O3S/c1-15(2,3)13-9-19(4-5-22-13)23(20,21)14-11(16)6-10(8-18)7-12(14)17/h6-7,13H,4-5,9H2,1-3H3/t13-/m1/s1. The van der Waals surface area contributed by atoms with Gasteiger partial charge in [0.05, 0.1) is 24.3 Å². The van der Waals surface area contributed by atoms with Crippen LogP contribution in [0.5, 0.6) is 0 Å². The van der Waals surface area contributed by atoms with Crippen LogP contribution in [0, 0.1) is 28.4 Å². The summed E-state index contributed by atoms with van der Waals surface area (Å²) in [5.74, 6) is -2.53. The molecule has 0 radical (unpaired) electrons. The maximum absolute atomic E-state index is 14.1. The molecule has 5 nitrogen and oxygen atoms in total. The van der Waals surface area contributed by atoms with E-state index in [4.69, 9.17) is 10.00 Å². The van der Waals surface area contributed by atoms with Crippen molar-refractivity contribution < 1.29 is 21.9 Å². The molecule has 1 aromatic rings. The number of nitriles is 1. The van der Waals surface area contributed by atoms with E-state index in [-0.39, 0.29) is 36.8 Å². The Morgan fingerprint density at radius 1 is 1.30 bits per heavy atom. The normalized spacial score (nSPS) is 20.3. The van der Waals surface area contributed by atoms with Crippen LogP contribution in [0.25, 0.3) is 0 Å². The summed E-state index contributed by atoms with van der Waals surface area (Å²) in [5.41, 5.74) is -0.579. The Morgan fingerprint density at radius 2 is 1.87 bits per heavy atom. The van der Waals surface area contributed by atoms with E-state index in [9.17, 15) is 17.2 Å². The Labute approximate surface area is 134 Å². The van der Waals surface area contributed by atoms with Crippen molar-refractivity contribution in [1.29, 1.82) is 5.26 Å². The zero-order chi connectivity index (χ0) is 17.4. The van der Waals surface area contributed by atoms with E-state index in [0.717, 1.165) is 16.4 Å². The van der Waals surface area contributed by atoms with Gasteiger partial charge in [0.1, 0.15) is 11.6 Å². The Morgan fingerprint density at radius 3 is 2.35 bits per heavy atom. The molecule has 1 heterocycles. The van der Waals surface area contributed by atoms with Crippen LogP contribution in [0.1, 0.15) is 26.3 Å². The molecule has 1 atom stereocenters. The number of nitrogens with zero attached hydrogens (tertiary/aromatic N) is 2. The molecule has 0 saturated carbocycles. The zero-order valence-electron chi connectivity index (χ0n) is 13.1. The third kappa shape index (κ3) is 3.52. The average Bonchev–Trinajstić information content (AvgIpc) is 2.45. The fourth-order valence-corrected chi connectivity index (χ4v) is 3.88. The summed E-state index contributed by atoms with van der Waals surface area (Å²) in [6.07, 6.45) is -0.379. The minimum Gasteiger partial charge on any atom is -0.375 e. The maximum atomic E-state index is 14.1. The van der Waals surface area contributed by atoms with Gasteiger partial charge in [-0.15, -0.1) is 0 Å². The number of morpholine rings is 1. The SMILES string of the molecule is CC(C)(C)[C@H]1CN(S(=O)(=O)c2c(F)cc(C#N)cc2F)CCO1. The van der Waals surface area contributed by atoms with Gasteiger partial charge in [-0.3, -0.25) is 0 Å². The Balaban J connectivity index is 2.41. The molecule has 23 heavy (non-hydrogen) atoms. The van der Waals surface area contributed by atoms with Gasteiger partial charge in [-0.2, -0.15) is 9.57 Å². The predicted molar refractivity (Wildman–Crippen MR) is 79.0 cm³/mol. The number of sulfonamides is 1. The highest BCUT2D eigenvalue weighted by Crippen LogP contribution is 2.30. The average molecular weight is 344 g/mol. The lowest BCUT2D eigenvalue weighted by Gasteiger charge is -2.38. The predicted octanol–water partition coefficient (Wildman–Crippen LogP) is 2.27. The minimum absolute atomic E-state index is 0.0186. The summed E-state index contributed by atoms with van der Waals surface area (Å²) in [7, 11) is -4.35. The molecule has 0 spiro atoms. The first-order valence-corrected chi connectivity index (χ1v) is 8.52. The van der Waals surface area contributed by atoms with E-state index in [1.54, 1.807) is 6.07 Å². The zero-order valence-corrected chi connectivity index (χ0v) is 14.0. The molecule has 2 rings (SSSR count). The van der Waals surface area contributed by atoms with E-state index in [1.807, 2.05) is 20.8 Å². The molecule has 1 aliphatic heterocycles. The highest BCUT2D eigenvalue weighted by Gasteiger charge is 2.38. The third-order valence-corrected chi connectivity index (χ3v) is 5.64. The molecule has 1 aromatic carbocycles. The second kappa shape index (κ2) is 6.15. The van der Waals surface area contributed by atoms with Gasteiger partial charge in [-0.25, -0.2) is 17.2 Å². The van der Waals surface area contributed by atoms with Gasteiger partial charge in [0.15, 0.2) is 4.90 Å². The van der Waals surface area contributed by atoms with Gasteiger partial charge in [0.25, 0.3) is 0 Å². The smallest absolute Gasteiger partial charge is 0.249 e. The Hall–Kier alpha value is -1.56. The van der Waals surface area contributed by atoms with E-state index < -0.39 is 26.6 Å². The van der Waals surface area contributed by atoms with Crippen molar-refractivity contribution in [2.75, 3.05) is 19.7 Å². The Bertz CT molecular complexity index is 728. The summed E-state index contributed by atoms with van der Waals surface area (Å²) < 4.78 is 59.9. The molecule has 1 aliphatic rings. The number of ether oxygens (including phenoxy) is 1. The van der Waals surface area contributed by atoms with Crippen molar-refractivity contribution in [2.24, 2.45) is 5.41 Å². The molecular formula is C15H18F2N2O3S. The van der Waals surface area contributed by atoms with Crippen molar-refractivity contribution >= 4 is 10.0 Å². The van der Waals surface area contributed by atoms with Gasteiger partial charge >= 0.3 is 0 Å². The van der Waals surface area contributed by atoms with Crippen LogP contribution < -0.4 is 0 Å². The number of benzene rings is 1. The Kier molecular flexibility index (Phi) is 4.76. The first-order chi connectivity index (χ1) is 10.6. The van der Waals surface area contributed by atoms with Gasteiger partial charge in [-0.1, -0.05) is 20.8 Å². The summed E-state index contributed by atoms with van der Waals surface area (Å²) in [5, 5.41) is 8.69. The number of hydrogen-bond donors (Lipinski definition) is 0. The first kappa shape index (κ1) is 17.8. The molecule has 1 fully saturated rings. The van der Waals surface area contributed by atoms with Gasteiger partial charge < -0.3 is 4.74 Å². The van der Waals surface area contributed by atoms with Crippen molar-refractivity contribution in [3.05, 3.63) is 29.3 Å². The van der Waals surface area contributed by atoms with Gasteiger partial charge in [-0.05, 0) is 17.5 Å². The van der Waals surface area contributed by atoms with E-state index in [2.05, 4.69) is 0 Å². The largest absolute Gasteiger partial charge is 0.375 e. The molecule has 0 N–H and O–H groups in total. The molecule has 8 heteroatoms. The summed E-state index contributed by atoms with van der Waals surface area (Å²) >= 11 is 0. The molecule has 0 aliphatic carbocycles. The molecule has 0 aromatic heterocycles. The second-order valence-corrected chi connectivity index (χ2v) is 8.34. The van der Waals surface area contributed by atoms with Gasteiger partial charge in [0.2, 0.25) is 10.0 Å². The lowest BCUT2D eigenvalue weighted by atomic mass is 9.88. The van der Waals surface area contributed by atoms with Crippen LogP contribution in [0.4, 0.5) is 8.78 Å². The van der Waals surface area contributed by atoms with Crippen LogP contribution in [0.2, 0.25) is 0 Å². The summed E-state index contributed by atoms with van der Waals surface area (Å²) in [4.78, 5) is -1.02. The molecule has 0 unspecified atom stereocenters. The highest BCUT2D eigenvalue weighted by atomic mass is 32.2. The molecule has 0 bridgehead atoms. The van der Waals surface area contributed by atoms with E-state index >= 15 is 0 Å². The number of hydrogen-bond acceptors (Lipinski definition) is 4. The van der Waals surface area contributed by atoms with E-state index in [0.29, 0.717) is 0 Å². The summed E-state index contributed by atoms with van der Waals surface area (Å²) in [6, 6.07) is 3.03. The topological polar surface area (TPSA) is 70.4 Å². The quantitative estimate of drug-likeness (QED) is 0.825. The van der Waals surface area contributed by atoms with E-state index in [1.165, 1.54) is 0 Å². The molecule has 1 saturated heterocycles. The van der Waals surface area contributed by atoms with Crippen LogP contribution in [0.3, 0.4) is 0 Å². The minimum atomic E-state index is -4.35. The van der Waals surface area contributed by atoms with Gasteiger partial charge in [0, 0.05) is 13.1 Å². The van der Waals surface area contributed by atoms with Crippen molar-refractivity contribution in [1.82, 2.24) is 4.31 Å². The van der Waals surface area contributed by atoms with Crippen LogP contribution in [-0.2, 0) is 14.8 Å². The summed E-state index contributed by atoms with van der Waals surface area (Å²) in [6.45, 7) is 5.89. The second-order valence-electron chi connectivity index (χ2n) is 6.47. The highest BCUT2D eigenvalue weighted by molar-refractivity contribution is 7.89. The fourth-order valence-electron chi connectivity index (χ4n) is 2.37. The monoisotopic (exact) mass is 344 g/mol. The third-order valence-electron chi connectivity index (χ3n) is 3.72. The fraction of sp³-hybridized carbons (Fsp3) is 0.533. The first-order valence-electron chi connectivity index (χ1n) is 7.08. The van der Waals surface area contributed by atoms with Crippen LogP contribution in [0.15, 0.2) is 17.0 Å². The lowest BCUT2D eigenvalue weighted by Crippen LogP contribution is -2.50. The number of rotatable bonds is 2. The maximum Gasteiger partial charge on any atom is 0.249 e. The lowest BCUT2D eigenvalue weighted by molar-refractivity contribution is -0.0591. The van der Waals surface area contributed by atoms with Crippen molar-refractivity contribution in [2.45, 2.75) is 31.8 Å².